The Morgan fingerprint density at radius 2 is 1.91 bits per heavy atom. The predicted octanol–water partition coefficient (Wildman–Crippen LogP) is 3.31. The van der Waals surface area contributed by atoms with Gasteiger partial charge in [0.15, 0.2) is 0 Å². The lowest BCUT2D eigenvalue weighted by Crippen LogP contribution is -2.17. The van der Waals surface area contributed by atoms with Crippen molar-refractivity contribution in [3.63, 3.8) is 0 Å². The first-order valence-electron chi connectivity index (χ1n) is 6.97. The van der Waals surface area contributed by atoms with Gasteiger partial charge in [0.05, 0.1) is 17.3 Å². The van der Waals surface area contributed by atoms with Crippen LogP contribution in [0.15, 0.2) is 65.9 Å². The molecule has 3 aromatic rings. The van der Waals surface area contributed by atoms with Gasteiger partial charge in [0.25, 0.3) is 5.91 Å². The molecule has 1 aromatic heterocycles. The number of hydrogen-bond acceptors (Lipinski definition) is 3. The van der Waals surface area contributed by atoms with Crippen molar-refractivity contribution in [3.05, 3.63) is 77.5 Å². The summed E-state index contributed by atoms with van der Waals surface area (Å²) >= 11 is 0. The third kappa shape index (κ3) is 3.17. The molecule has 108 valence electrons. The lowest BCUT2D eigenvalue weighted by Gasteiger charge is -2.02. The summed E-state index contributed by atoms with van der Waals surface area (Å²) in [7, 11) is 0. The molecular weight excluding hydrogens is 274 g/mol. The third-order valence-corrected chi connectivity index (χ3v) is 3.31. The molecule has 4 nitrogen and oxygen atoms in total. The Morgan fingerprint density at radius 3 is 2.73 bits per heavy atom. The van der Waals surface area contributed by atoms with Crippen LogP contribution in [0.4, 0.5) is 0 Å². The number of nitrogens with one attached hydrogen (secondary N) is 1. The van der Waals surface area contributed by atoms with E-state index >= 15 is 0 Å². The Kier molecular flexibility index (Phi) is 3.92. The van der Waals surface area contributed by atoms with Crippen LogP contribution in [0.3, 0.4) is 0 Å². The molecule has 1 heterocycles. The molecule has 1 N–H and O–H groups in total. The normalized spacial score (nSPS) is 11.0. The van der Waals surface area contributed by atoms with E-state index < -0.39 is 0 Å². The fourth-order valence-electron chi connectivity index (χ4n) is 2.08. The highest BCUT2D eigenvalue weighted by molar-refractivity contribution is 5.97. The number of fused-ring (bicyclic) bond motifs is 1. The van der Waals surface area contributed by atoms with E-state index in [4.69, 9.17) is 0 Å². The van der Waals surface area contributed by atoms with Crippen molar-refractivity contribution in [3.8, 4) is 0 Å². The molecule has 0 atom stereocenters. The first-order chi connectivity index (χ1) is 10.7. The lowest BCUT2D eigenvalue weighted by molar-refractivity contribution is 0.0955. The first kappa shape index (κ1) is 13.9. The number of aromatic nitrogens is 1. The average molecular weight is 289 g/mol. The largest absolute Gasteiger partial charge is 0.272 e. The number of pyridine rings is 1. The highest BCUT2D eigenvalue weighted by Gasteiger charge is 2.05. The highest BCUT2D eigenvalue weighted by atomic mass is 16.2. The van der Waals surface area contributed by atoms with E-state index in [-0.39, 0.29) is 5.91 Å². The summed E-state index contributed by atoms with van der Waals surface area (Å²) in [5, 5.41) is 4.90. The first-order valence-corrected chi connectivity index (χ1v) is 6.97. The number of para-hydroxylation sites is 1. The molecule has 0 radical (unpaired) electrons. The van der Waals surface area contributed by atoms with Crippen molar-refractivity contribution in [2.24, 2.45) is 5.10 Å². The topological polar surface area (TPSA) is 54.4 Å². The maximum atomic E-state index is 12.1. The van der Waals surface area contributed by atoms with Crippen LogP contribution in [0.5, 0.6) is 0 Å². The van der Waals surface area contributed by atoms with Gasteiger partial charge < -0.3 is 0 Å². The van der Waals surface area contributed by atoms with Gasteiger partial charge in [-0.25, -0.2) is 5.43 Å². The Hall–Kier alpha value is -3.01. The molecule has 0 fully saturated rings. The van der Waals surface area contributed by atoms with Crippen LogP contribution in [-0.2, 0) is 0 Å². The number of hydrogen-bond donors (Lipinski definition) is 1. The minimum absolute atomic E-state index is 0.276. The maximum absolute atomic E-state index is 12.1. The smallest absolute Gasteiger partial charge is 0.267 e. The molecule has 0 unspecified atom stereocenters. The standard InChI is InChI=1S/C18H15N3O/c1-13-6-8-14(9-7-13)11-20-21-18(22)16-10-15-4-2-3-5-17(15)19-12-16/h2-12H,1H3,(H,21,22)/b20-11+. The number of amides is 1. The molecule has 2 aromatic carbocycles. The molecule has 0 aliphatic carbocycles. The molecule has 0 saturated carbocycles. The van der Waals surface area contributed by atoms with Gasteiger partial charge in [0, 0.05) is 11.6 Å². The Morgan fingerprint density at radius 1 is 1.14 bits per heavy atom. The van der Waals surface area contributed by atoms with Crippen molar-refractivity contribution in [2.45, 2.75) is 6.92 Å². The molecule has 22 heavy (non-hydrogen) atoms. The van der Waals surface area contributed by atoms with Crippen LogP contribution in [0.1, 0.15) is 21.5 Å². The Labute approximate surface area is 128 Å². The second-order valence-electron chi connectivity index (χ2n) is 5.03. The van der Waals surface area contributed by atoms with Crippen LogP contribution in [0, 0.1) is 6.92 Å². The van der Waals surface area contributed by atoms with Crippen molar-refractivity contribution in [1.29, 1.82) is 0 Å². The van der Waals surface area contributed by atoms with Gasteiger partial charge in [0.2, 0.25) is 0 Å². The van der Waals surface area contributed by atoms with Gasteiger partial charge in [-0.1, -0.05) is 48.0 Å². The average Bonchev–Trinajstić information content (AvgIpc) is 2.56. The number of benzene rings is 2. The van der Waals surface area contributed by atoms with Crippen molar-refractivity contribution in [1.82, 2.24) is 10.4 Å². The van der Waals surface area contributed by atoms with Crippen LogP contribution in [-0.4, -0.2) is 17.1 Å². The van der Waals surface area contributed by atoms with E-state index in [2.05, 4.69) is 15.5 Å². The van der Waals surface area contributed by atoms with Gasteiger partial charge in [-0.3, -0.25) is 9.78 Å². The maximum Gasteiger partial charge on any atom is 0.272 e. The van der Waals surface area contributed by atoms with Gasteiger partial charge in [0.1, 0.15) is 0 Å². The van der Waals surface area contributed by atoms with Crippen LogP contribution in [0.25, 0.3) is 10.9 Å². The highest BCUT2D eigenvalue weighted by Crippen LogP contribution is 2.12. The van der Waals surface area contributed by atoms with E-state index in [1.54, 1.807) is 18.5 Å². The number of hydrazone groups is 1. The van der Waals surface area contributed by atoms with E-state index in [0.717, 1.165) is 16.5 Å². The fourth-order valence-corrected chi connectivity index (χ4v) is 2.08. The number of nitrogens with zero attached hydrogens (tertiary/aromatic N) is 2. The van der Waals surface area contributed by atoms with Gasteiger partial charge in [-0.2, -0.15) is 5.10 Å². The summed E-state index contributed by atoms with van der Waals surface area (Å²) < 4.78 is 0. The molecular formula is C18H15N3O. The summed E-state index contributed by atoms with van der Waals surface area (Å²) in [4.78, 5) is 16.3. The van der Waals surface area contributed by atoms with E-state index in [9.17, 15) is 4.79 Å². The third-order valence-electron chi connectivity index (χ3n) is 3.31. The van der Waals surface area contributed by atoms with E-state index in [1.807, 2.05) is 55.5 Å². The van der Waals surface area contributed by atoms with Gasteiger partial charge >= 0.3 is 0 Å². The van der Waals surface area contributed by atoms with Gasteiger partial charge in [-0.05, 0) is 24.6 Å². The van der Waals surface area contributed by atoms with Crippen LogP contribution >= 0.6 is 0 Å². The molecule has 0 aliphatic heterocycles. The molecule has 0 spiro atoms. The summed E-state index contributed by atoms with van der Waals surface area (Å²) in [5.41, 5.74) is 5.98. The minimum atomic E-state index is -0.276. The number of carbonyl (C=O) groups is 1. The Balaban J connectivity index is 1.71. The van der Waals surface area contributed by atoms with Crippen molar-refractivity contribution < 1.29 is 4.79 Å². The molecule has 0 bridgehead atoms. The van der Waals surface area contributed by atoms with Gasteiger partial charge in [-0.15, -0.1) is 0 Å². The minimum Gasteiger partial charge on any atom is -0.267 e. The monoisotopic (exact) mass is 289 g/mol. The molecule has 1 amide bonds. The quantitative estimate of drug-likeness (QED) is 0.594. The van der Waals surface area contributed by atoms with E-state index in [0.29, 0.717) is 5.56 Å². The fraction of sp³-hybridized carbons (Fsp3) is 0.0556. The molecule has 0 aliphatic rings. The molecule has 4 heteroatoms. The van der Waals surface area contributed by atoms with E-state index in [1.165, 1.54) is 5.56 Å². The second kappa shape index (κ2) is 6.18. The second-order valence-corrected chi connectivity index (χ2v) is 5.03. The number of carbonyl (C=O) groups excluding carboxylic acids is 1. The lowest BCUT2D eigenvalue weighted by atomic mass is 10.1. The number of rotatable bonds is 3. The van der Waals surface area contributed by atoms with Crippen LogP contribution in [0.2, 0.25) is 0 Å². The summed E-state index contributed by atoms with van der Waals surface area (Å²) in [5.74, 6) is -0.276. The SMILES string of the molecule is Cc1ccc(/C=N/NC(=O)c2cnc3ccccc3c2)cc1. The zero-order chi connectivity index (χ0) is 15.4. The zero-order valence-electron chi connectivity index (χ0n) is 12.2. The predicted molar refractivity (Wildman–Crippen MR) is 88.0 cm³/mol. The molecule has 0 saturated heterocycles. The Bertz CT molecular complexity index is 838. The van der Waals surface area contributed by atoms with Crippen LogP contribution < -0.4 is 5.43 Å². The molecule has 3 rings (SSSR count). The summed E-state index contributed by atoms with van der Waals surface area (Å²) in [6, 6.07) is 17.4. The zero-order valence-corrected chi connectivity index (χ0v) is 12.2. The summed E-state index contributed by atoms with van der Waals surface area (Å²) in [6.45, 7) is 2.02. The van der Waals surface area contributed by atoms with Crippen molar-refractivity contribution >= 4 is 23.0 Å². The summed E-state index contributed by atoms with van der Waals surface area (Å²) in [6.07, 6.45) is 3.17. The van der Waals surface area contributed by atoms with Crippen molar-refractivity contribution in [2.75, 3.05) is 0 Å². The number of aryl methyl sites for hydroxylation is 1.